The summed E-state index contributed by atoms with van der Waals surface area (Å²) in [5, 5.41) is -6.33. The Morgan fingerprint density at radius 1 is 0.261 bits per heavy atom. The average molecular weight is 613 g/mol. The zero-order valence-corrected chi connectivity index (χ0v) is 23.0. The van der Waals surface area contributed by atoms with Gasteiger partial charge in [-0.15, -0.1) is 0 Å². The number of rotatable bonds is 4. The first-order valence-corrected chi connectivity index (χ1v) is 13.5. The Kier molecular flexibility index (Phi) is 2.37. The predicted molar refractivity (Wildman–Crippen MR) is 198 cm³/mol. The molecule has 0 saturated carbocycles. The highest BCUT2D eigenvalue weighted by Crippen LogP contribution is 2.46. The SMILES string of the molecule is [2H]c1c([2H])c([2H])c(-c2c([2H])c([2H])c(-c3c4c([2H])c([2H])c([2H])c([2H])c4c(-c4c([2H])c([2H])c([2H])c5c([2H])c([2H])c([2H])c([2H])c45)c4c([2H])c(-c5c([2H])c([2H])c([2H])c6c([2H])c([2H])c([2H])c([2H])c56)c([2H])c([2H])c34)c([2H])c2[2H])c([2H])c1[2H]. The second-order valence-electron chi connectivity index (χ2n) is 9.75. The minimum Gasteiger partial charge on any atom is -0.0622 e. The topological polar surface area (TPSA) is 0 Å². The summed E-state index contributed by atoms with van der Waals surface area (Å²) in [6.07, 6.45) is 0. The van der Waals surface area contributed by atoms with Gasteiger partial charge in [0.05, 0.1) is 41.1 Å². The molecule has 0 heteroatoms. The standard InChI is InChI=1S/C46H30/c1-2-12-31(13-3-1)32-24-26-35(27-25-32)45-41-20-8-9-21-42(41)46(40-23-11-17-34-15-5-7-19-38(34)40)44-30-36(28-29-43(44)45)39-22-10-16-33-14-4-6-18-37(33)39/h1-30H/i1D,2D,3D,4D,5D,6D,7D,8D,9D,10D,11D,12D,13D,14D,15D,16D,17D,18D,19D,20D,21D,22D,23D,24D,25D,26D,27D,28D,29D,30D. The molecule has 0 saturated heterocycles. The molecule has 0 aliphatic carbocycles. The van der Waals surface area contributed by atoms with E-state index in [0.717, 1.165) is 0 Å². The molecule has 0 heterocycles. The molecule has 0 radical (unpaired) electrons. The van der Waals surface area contributed by atoms with Gasteiger partial charge in [-0.1, -0.05) is 175 Å². The van der Waals surface area contributed by atoms with Gasteiger partial charge < -0.3 is 0 Å². The van der Waals surface area contributed by atoms with Gasteiger partial charge in [-0.3, -0.25) is 0 Å². The molecule has 0 nitrogen and oxygen atoms in total. The fraction of sp³-hybridized carbons (Fsp3) is 0. The minimum atomic E-state index is -1.17. The maximum Gasteiger partial charge on any atom is 0.0636 e. The van der Waals surface area contributed by atoms with Crippen LogP contribution in [0.25, 0.3) is 87.6 Å². The minimum absolute atomic E-state index is 0.677. The van der Waals surface area contributed by atoms with E-state index in [0.29, 0.717) is 0 Å². The van der Waals surface area contributed by atoms with Crippen molar-refractivity contribution in [2.24, 2.45) is 0 Å². The third-order valence-corrected chi connectivity index (χ3v) is 7.25. The molecule has 0 fully saturated rings. The van der Waals surface area contributed by atoms with E-state index in [1.807, 2.05) is 0 Å². The summed E-state index contributed by atoms with van der Waals surface area (Å²) >= 11 is 0. The maximum atomic E-state index is 10.2. The van der Waals surface area contributed by atoms with E-state index in [1.54, 1.807) is 0 Å². The van der Waals surface area contributed by atoms with Crippen molar-refractivity contribution >= 4 is 43.1 Å². The van der Waals surface area contributed by atoms with Crippen LogP contribution in [0.15, 0.2) is 181 Å². The summed E-state index contributed by atoms with van der Waals surface area (Å²) in [5.41, 5.74) is -6.92. The number of benzene rings is 9. The lowest BCUT2D eigenvalue weighted by atomic mass is 9.83. The Labute approximate surface area is 311 Å². The first-order valence-electron chi connectivity index (χ1n) is 28.5. The van der Waals surface area contributed by atoms with E-state index in [4.69, 9.17) is 24.7 Å². The van der Waals surface area contributed by atoms with Gasteiger partial charge in [-0.25, -0.2) is 0 Å². The summed E-state index contributed by atoms with van der Waals surface area (Å²) in [5.74, 6) is 0. The van der Waals surface area contributed by atoms with Crippen LogP contribution in [0, 0.1) is 0 Å². The van der Waals surface area contributed by atoms with Gasteiger partial charge in [0.25, 0.3) is 0 Å². The van der Waals surface area contributed by atoms with Crippen molar-refractivity contribution in [2.45, 2.75) is 0 Å². The molecule has 9 aromatic rings. The first kappa shape index (κ1) is 10.0. The lowest BCUT2D eigenvalue weighted by molar-refractivity contribution is 1.61. The van der Waals surface area contributed by atoms with E-state index < -0.39 is 269 Å². The highest BCUT2D eigenvalue weighted by molar-refractivity contribution is 6.24. The molecule has 0 aliphatic heterocycles. The molecular formula is C46H30. The predicted octanol–water partition coefficient (Wildman–Crippen LogP) is 13.0. The summed E-state index contributed by atoms with van der Waals surface area (Å²) in [4.78, 5) is 0. The molecule has 0 spiro atoms. The summed E-state index contributed by atoms with van der Waals surface area (Å²) in [7, 11) is 0. The highest BCUT2D eigenvalue weighted by Gasteiger charge is 2.19. The summed E-state index contributed by atoms with van der Waals surface area (Å²) in [6, 6.07) is -30.4. The van der Waals surface area contributed by atoms with Crippen molar-refractivity contribution in [3.8, 4) is 44.5 Å². The Morgan fingerprint density at radius 2 is 0.717 bits per heavy atom. The van der Waals surface area contributed by atoms with Crippen molar-refractivity contribution in [2.75, 3.05) is 0 Å². The molecule has 46 heavy (non-hydrogen) atoms. The second kappa shape index (κ2) is 10.9. The Balaban J connectivity index is 1.69. The number of hydrogen-bond acceptors (Lipinski definition) is 0. The van der Waals surface area contributed by atoms with Gasteiger partial charge in [0.1, 0.15) is 0 Å². The van der Waals surface area contributed by atoms with Crippen molar-refractivity contribution in [1.82, 2.24) is 0 Å². The van der Waals surface area contributed by atoms with Crippen LogP contribution in [0.1, 0.15) is 41.1 Å². The van der Waals surface area contributed by atoms with Crippen LogP contribution in [0.3, 0.4) is 0 Å². The van der Waals surface area contributed by atoms with E-state index >= 15 is 0 Å². The molecule has 0 bridgehead atoms. The van der Waals surface area contributed by atoms with Crippen molar-refractivity contribution in [3.63, 3.8) is 0 Å². The molecule has 9 rings (SSSR count). The van der Waals surface area contributed by atoms with Gasteiger partial charge >= 0.3 is 0 Å². The van der Waals surface area contributed by atoms with Crippen molar-refractivity contribution in [3.05, 3.63) is 181 Å². The fourth-order valence-corrected chi connectivity index (χ4v) is 5.28. The van der Waals surface area contributed by atoms with Crippen LogP contribution in [-0.2, 0) is 0 Å². The van der Waals surface area contributed by atoms with Crippen LogP contribution in [0.2, 0.25) is 0 Å². The van der Waals surface area contributed by atoms with Crippen LogP contribution in [-0.4, -0.2) is 0 Å². The quantitative estimate of drug-likeness (QED) is 0.173. The first-order chi connectivity index (χ1) is 35.3. The molecule has 9 aromatic carbocycles. The molecule has 214 valence electrons. The zero-order valence-electron chi connectivity index (χ0n) is 53.0. The molecule has 0 N–H and O–H groups in total. The average Bonchev–Trinajstić information content (AvgIpc) is 3.38. The van der Waals surface area contributed by atoms with E-state index in [2.05, 4.69) is 0 Å². The molecule has 0 atom stereocenters. The van der Waals surface area contributed by atoms with Gasteiger partial charge in [0, 0.05) is 0 Å². The molecule has 0 amide bonds. The second-order valence-corrected chi connectivity index (χ2v) is 9.75. The van der Waals surface area contributed by atoms with Gasteiger partial charge in [0.15, 0.2) is 0 Å². The van der Waals surface area contributed by atoms with E-state index in [1.165, 1.54) is 0 Å². The van der Waals surface area contributed by atoms with Crippen LogP contribution in [0.4, 0.5) is 0 Å². The Hall–Kier alpha value is -5.98. The highest BCUT2D eigenvalue weighted by atomic mass is 14.2. The molecule has 0 aliphatic rings. The number of hydrogen-bond donors (Lipinski definition) is 0. The zero-order chi connectivity index (χ0) is 56.6. The smallest absolute Gasteiger partial charge is 0.0622 e. The van der Waals surface area contributed by atoms with Gasteiger partial charge in [-0.05, 0) is 93.6 Å². The van der Waals surface area contributed by atoms with Gasteiger partial charge in [0.2, 0.25) is 0 Å². The molecule has 0 unspecified atom stereocenters. The monoisotopic (exact) mass is 612 g/mol. The largest absolute Gasteiger partial charge is 0.0636 e. The fourth-order valence-electron chi connectivity index (χ4n) is 5.28. The van der Waals surface area contributed by atoms with E-state index in [-0.39, 0.29) is 0 Å². The molecule has 0 aromatic heterocycles. The normalized spacial score (nSPS) is 20.6. The van der Waals surface area contributed by atoms with Crippen LogP contribution >= 0.6 is 0 Å². The lowest BCUT2D eigenvalue weighted by Crippen LogP contribution is -1.93. The van der Waals surface area contributed by atoms with Crippen LogP contribution in [0.5, 0.6) is 0 Å². The van der Waals surface area contributed by atoms with Gasteiger partial charge in [-0.2, -0.15) is 0 Å². The lowest BCUT2D eigenvalue weighted by Gasteiger charge is -2.20. The van der Waals surface area contributed by atoms with E-state index in [9.17, 15) is 16.4 Å². The molecular weight excluding hydrogens is 553 g/mol. The Morgan fingerprint density at radius 3 is 1.41 bits per heavy atom. The number of fused-ring (bicyclic) bond motifs is 4. The third-order valence-electron chi connectivity index (χ3n) is 7.25. The summed E-state index contributed by atoms with van der Waals surface area (Å²) in [6.45, 7) is 0. The maximum absolute atomic E-state index is 10.2. The third kappa shape index (κ3) is 4.30. The van der Waals surface area contributed by atoms with Crippen molar-refractivity contribution < 1.29 is 41.1 Å². The van der Waals surface area contributed by atoms with Crippen LogP contribution < -0.4 is 0 Å². The summed E-state index contributed by atoms with van der Waals surface area (Å²) < 4.78 is 270. The van der Waals surface area contributed by atoms with Crippen molar-refractivity contribution in [1.29, 1.82) is 0 Å². The Bertz CT molecular complexity index is 4200.